The lowest BCUT2D eigenvalue weighted by Crippen LogP contribution is -1.82. The van der Waals surface area contributed by atoms with Crippen LogP contribution in [0.15, 0.2) is 72.8 Å². The van der Waals surface area contributed by atoms with E-state index in [0.29, 0.717) is 0 Å². The Balaban J connectivity index is 1.70. The highest BCUT2D eigenvalue weighted by Crippen LogP contribution is 2.11. The van der Waals surface area contributed by atoms with Crippen LogP contribution in [-0.2, 0) is 0 Å². The maximum atomic E-state index is 9.26. The Morgan fingerprint density at radius 1 is 0.560 bits per heavy atom. The van der Waals surface area contributed by atoms with Gasteiger partial charge in [-0.2, -0.15) is 0 Å². The molecule has 0 aliphatic rings. The molecule has 1 N–H and O–H groups in total. The third-order valence-corrected chi connectivity index (χ3v) is 3.54. The number of ether oxygens (including phenoxy) is 1. The molecule has 0 atom stereocenters. The maximum absolute atomic E-state index is 9.26. The van der Waals surface area contributed by atoms with Gasteiger partial charge in [-0.15, -0.1) is 0 Å². The molecule has 0 aromatic heterocycles. The zero-order valence-electron chi connectivity index (χ0n) is 13.8. The van der Waals surface area contributed by atoms with Crippen LogP contribution in [0.2, 0.25) is 0 Å². The van der Waals surface area contributed by atoms with Crippen LogP contribution in [0.4, 0.5) is 0 Å². The van der Waals surface area contributed by atoms with E-state index in [1.807, 2.05) is 48.5 Å². The minimum absolute atomic E-state index is 0.241. The van der Waals surface area contributed by atoms with E-state index in [4.69, 9.17) is 4.74 Å². The minimum atomic E-state index is 0.241. The molecule has 2 nitrogen and oxygen atoms in total. The van der Waals surface area contributed by atoms with Crippen molar-refractivity contribution in [1.29, 1.82) is 0 Å². The van der Waals surface area contributed by atoms with Crippen molar-refractivity contribution in [1.82, 2.24) is 0 Å². The van der Waals surface area contributed by atoms with E-state index in [9.17, 15) is 5.11 Å². The number of hydrogen-bond donors (Lipinski definition) is 1. The van der Waals surface area contributed by atoms with E-state index in [-0.39, 0.29) is 5.75 Å². The Labute approximate surface area is 147 Å². The van der Waals surface area contributed by atoms with Gasteiger partial charge in [0.05, 0.1) is 7.11 Å². The van der Waals surface area contributed by atoms with E-state index in [1.165, 1.54) is 0 Å². The first-order valence-electron chi connectivity index (χ1n) is 7.80. The smallest absolute Gasteiger partial charge is 0.118 e. The summed E-state index contributed by atoms with van der Waals surface area (Å²) in [6.07, 6.45) is 0. The molecule has 0 amide bonds. The molecule has 0 radical (unpaired) electrons. The second-order valence-corrected chi connectivity index (χ2v) is 5.35. The standard InChI is InChI=1S/C23H16O2/c1-25-23-16-12-21(13-17-23)9-7-19-4-2-18(3-5-19)6-8-20-10-14-22(24)15-11-20/h2-5,10-17,24H,1H3. The molecular weight excluding hydrogens is 308 g/mol. The number of rotatable bonds is 1. The summed E-state index contributed by atoms with van der Waals surface area (Å²) in [6.45, 7) is 0. The molecule has 0 saturated carbocycles. The van der Waals surface area contributed by atoms with Crippen LogP contribution in [0.3, 0.4) is 0 Å². The fraction of sp³-hybridized carbons (Fsp3) is 0.0435. The average Bonchev–Trinajstić information content (AvgIpc) is 2.67. The van der Waals surface area contributed by atoms with Gasteiger partial charge in [-0.25, -0.2) is 0 Å². The van der Waals surface area contributed by atoms with Gasteiger partial charge in [-0.05, 0) is 72.8 Å². The topological polar surface area (TPSA) is 29.5 Å². The fourth-order valence-corrected chi connectivity index (χ4v) is 2.14. The first-order valence-corrected chi connectivity index (χ1v) is 7.80. The molecule has 3 rings (SSSR count). The summed E-state index contributed by atoms with van der Waals surface area (Å²) in [5.74, 6) is 13.5. The van der Waals surface area contributed by atoms with Gasteiger partial charge in [-0.1, -0.05) is 23.7 Å². The Hall–Kier alpha value is -3.62. The van der Waals surface area contributed by atoms with Crippen molar-refractivity contribution in [3.63, 3.8) is 0 Å². The van der Waals surface area contributed by atoms with Gasteiger partial charge in [0.1, 0.15) is 11.5 Å². The van der Waals surface area contributed by atoms with Crippen LogP contribution in [-0.4, -0.2) is 12.2 Å². The molecule has 0 aliphatic heterocycles. The summed E-state index contributed by atoms with van der Waals surface area (Å²) >= 11 is 0. The highest BCUT2D eigenvalue weighted by molar-refractivity contribution is 5.48. The lowest BCUT2D eigenvalue weighted by Gasteiger charge is -1.97. The molecular formula is C23H16O2. The van der Waals surface area contributed by atoms with Gasteiger partial charge in [0.2, 0.25) is 0 Å². The molecule has 120 valence electrons. The zero-order chi connectivity index (χ0) is 17.5. The predicted octanol–water partition coefficient (Wildman–Crippen LogP) is 4.20. The molecule has 0 spiro atoms. The van der Waals surface area contributed by atoms with Crippen LogP contribution >= 0.6 is 0 Å². The first kappa shape index (κ1) is 16.2. The van der Waals surface area contributed by atoms with Crippen LogP contribution in [0, 0.1) is 23.7 Å². The summed E-state index contributed by atoms with van der Waals surface area (Å²) in [5.41, 5.74) is 3.66. The lowest BCUT2D eigenvalue weighted by atomic mass is 10.1. The fourth-order valence-electron chi connectivity index (χ4n) is 2.14. The van der Waals surface area contributed by atoms with E-state index < -0.39 is 0 Å². The summed E-state index contributed by atoms with van der Waals surface area (Å²) in [4.78, 5) is 0. The summed E-state index contributed by atoms with van der Waals surface area (Å²) in [5, 5.41) is 9.26. The van der Waals surface area contributed by atoms with Gasteiger partial charge in [-0.3, -0.25) is 0 Å². The molecule has 0 unspecified atom stereocenters. The number of phenols is 1. The molecule has 3 aromatic carbocycles. The van der Waals surface area contributed by atoms with E-state index in [0.717, 1.165) is 28.0 Å². The summed E-state index contributed by atoms with van der Waals surface area (Å²) in [6, 6.07) is 22.3. The normalized spacial score (nSPS) is 9.32. The molecule has 25 heavy (non-hydrogen) atoms. The molecule has 3 aromatic rings. The van der Waals surface area contributed by atoms with E-state index in [1.54, 1.807) is 31.4 Å². The highest BCUT2D eigenvalue weighted by atomic mass is 16.5. The third kappa shape index (κ3) is 4.67. The van der Waals surface area contributed by atoms with Crippen LogP contribution in [0.1, 0.15) is 22.3 Å². The number of methoxy groups -OCH3 is 1. The quantitative estimate of drug-likeness (QED) is 0.680. The van der Waals surface area contributed by atoms with Gasteiger partial charge in [0, 0.05) is 22.3 Å². The van der Waals surface area contributed by atoms with Gasteiger partial charge >= 0.3 is 0 Å². The Bertz CT molecular complexity index is 959. The highest BCUT2D eigenvalue weighted by Gasteiger charge is 1.92. The Morgan fingerprint density at radius 3 is 1.24 bits per heavy atom. The second kappa shape index (κ2) is 7.77. The van der Waals surface area contributed by atoms with Crippen LogP contribution in [0.25, 0.3) is 0 Å². The molecule has 0 fully saturated rings. The average molecular weight is 324 g/mol. The van der Waals surface area contributed by atoms with Crippen molar-refractivity contribution >= 4 is 0 Å². The monoisotopic (exact) mass is 324 g/mol. The molecule has 0 aliphatic carbocycles. The summed E-state index contributed by atoms with van der Waals surface area (Å²) in [7, 11) is 1.65. The van der Waals surface area contributed by atoms with Crippen molar-refractivity contribution in [3.05, 3.63) is 95.1 Å². The van der Waals surface area contributed by atoms with Crippen molar-refractivity contribution in [3.8, 4) is 35.2 Å². The number of aromatic hydroxyl groups is 1. The largest absolute Gasteiger partial charge is 0.508 e. The van der Waals surface area contributed by atoms with Crippen molar-refractivity contribution in [2.24, 2.45) is 0 Å². The van der Waals surface area contributed by atoms with Gasteiger partial charge in [0.25, 0.3) is 0 Å². The van der Waals surface area contributed by atoms with Gasteiger partial charge < -0.3 is 9.84 Å². The minimum Gasteiger partial charge on any atom is -0.508 e. The Morgan fingerprint density at radius 2 is 0.880 bits per heavy atom. The van der Waals surface area contributed by atoms with E-state index >= 15 is 0 Å². The number of phenolic OH excluding ortho intramolecular Hbond substituents is 1. The number of hydrogen-bond acceptors (Lipinski definition) is 2. The molecule has 2 heteroatoms. The van der Waals surface area contributed by atoms with Crippen molar-refractivity contribution < 1.29 is 9.84 Å². The molecule has 0 bridgehead atoms. The second-order valence-electron chi connectivity index (χ2n) is 5.35. The van der Waals surface area contributed by atoms with Crippen LogP contribution < -0.4 is 4.74 Å². The molecule has 0 saturated heterocycles. The Kier molecular flexibility index (Phi) is 5.05. The van der Waals surface area contributed by atoms with Gasteiger partial charge in [0.15, 0.2) is 0 Å². The zero-order valence-corrected chi connectivity index (χ0v) is 13.8. The van der Waals surface area contributed by atoms with Crippen LogP contribution in [0.5, 0.6) is 11.5 Å². The SMILES string of the molecule is COc1ccc(C#Cc2ccc(C#Cc3ccc(O)cc3)cc2)cc1. The lowest BCUT2D eigenvalue weighted by molar-refractivity contribution is 0.415. The number of benzene rings is 3. The first-order chi connectivity index (χ1) is 12.2. The van der Waals surface area contributed by atoms with Crippen molar-refractivity contribution in [2.45, 2.75) is 0 Å². The molecule has 0 heterocycles. The summed E-state index contributed by atoms with van der Waals surface area (Å²) < 4.78 is 5.13. The third-order valence-electron chi connectivity index (χ3n) is 3.54. The maximum Gasteiger partial charge on any atom is 0.118 e. The predicted molar refractivity (Wildman–Crippen MR) is 99.5 cm³/mol. The van der Waals surface area contributed by atoms with E-state index in [2.05, 4.69) is 23.7 Å². The van der Waals surface area contributed by atoms with Crippen molar-refractivity contribution in [2.75, 3.05) is 7.11 Å².